The Morgan fingerprint density at radius 2 is 1.33 bits per heavy atom. The molecule has 0 aromatic carbocycles. The minimum atomic E-state index is -0.650. The topological polar surface area (TPSA) is 148 Å². The minimum Gasteiger partial charge on any atom is -0.465 e. The summed E-state index contributed by atoms with van der Waals surface area (Å²) >= 11 is 0. The van der Waals surface area contributed by atoms with Gasteiger partial charge in [-0.05, 0) is 18.8 Å². The number of aromatic nitrogens is 4. The number of imidazole rings is 1. The summed E-state index contributed by atoms with van der Waals surface area (Å²) in [5.74, 6) is -0.497. The van der Waals surface area contributed by atoms with Gasteiger partial charge in [0, 0.05) is 18.9 Å². The van der Waals surface area contributed by atoms with E-state index in [-0.39, 0.29) is 37.0 Å². The van der Waals surface area contributed by atoms with Gasteiger partial charge in [0.2, 0.25) is 5.95 Å². The number of hydrogen-bond acceptors (Lipinski definition) is 9. The van der Waals surface area contributed by atoms with E-state index in [0.717, 1.165) is 25.7 Å². The van der Waals surface area contributed by atoms with Gasteiger partial charge in [-0.2, -0.15) is 4.98 Å². The zero-order chi connectivity index (χ0) is 34.8. The maximum absolute atomic E-state index is 12.6. The van der Waals surface area contributed by atoms with Crippen LogP contribution in [0.5, 0.6) is 0 Å². The molecule has 0 saturated carbocycles. The number of hydrogen-bond donors (Lipinski definition) is 2. The van der Waals surface area contributed by atoms with Crippen molar-refractivity contribution in [3.05, 3.63) is 12.5 Å². The summed E-state index contributed by atoms with van der Waals surface area (Å²) in [7, 11) is 0. The van der Waals surface area contributed by atoms with Crippen molar-refractivity contribution in [1.29, 1.82) is 0 Å². The van der Waals surface area contributed by atoms with E-state index in [9.17, 15) is 9.59 Å². The molecule has 0 amide bonds. The summed E-state index contributed by atoms with van der Waals surface area (Å²) in [6.07, 6.45) is 30.1. The van der Waals surface area contributed by atoms with Crippen LogP contribution in [-0.2, 0) is 25.6 Å². The monoisotopic (exact) mass is 673 g/mol. The van der Waals surface area contributed by atoms with Crippen LogP contribution in [0.4, 0.5) is 5.95 Å². The number of esters is 2. The van der Waals surface area contributed by atoms with E-state index in [2.05, 4.69) is 21.9 Å². The fourth-order valence-corrected chi connectivity index (χ4v) is 6.05. The summed E-state index contributed by atoms with van der Waals surface area (Å²) in [4.78, 5) is 37.7. The molecule has 2 heterocycles. The number of nitrogens with zero attached hydrogens (tertiary/aromatic N) is 4. The van der Waals surface area contributed by atoms with Gasteiger partial charge >= 0.3 is 11.9 Å². The molecule has 48 heavy (non-hydrogen) atoms. The molecule has 2 aromatic rings. The van der Waals surface area contributed by atoms with Gasteiger partial charge in [0.25, 0.3) is 0 Å². The summed E-state index contributed by atoms with van der Waals surface area (Å²) in [5.41, 5.74) is 13.1. The second-order valence-electron chi connectivity index (χ2n) is 13.9. The van der Waals surface area contributed by atoms with Crippen LogP contribution < -0.4 is 11.5 Å². The molecular weight excluding hydrogens is 604 g/mol. The fraction of sp³-hybridized carbons (Fsp3) is 0.816. The molecule has 0 aliphatic carbocycles. The normalized spacial score (nSPS) is 13.4. The lowest BCUT2D eigenvalue weighted by molar-refractivity contribution is -0.149. The van der Waals surface area contributed by atoms with Crippen LogP contribution in [0.3, 0.4) is 0 Å². The Hall–Kier alpha value is -2.75. The Morgan fingerprint density at radius 3 is 1.88 bits per heavy atom. The van der Waals surface area contributed by atoms with Gasteiger partial charge in [-0.3, -0.25) is 9.59 Å². The van der Waals surface area contributed by atoms with Gasteiger partial charge in [0.05, 0.1) is 25.7 Å². The number of unbranched alkanes of at least 4 members (excludes halogenated alkanes) is 18. The standard InChI is InChI=1S/C38H68N6O4/c1-4-6-7-8-9-10-11-12-13-14-15-16-17-18-19-20-21-22-23-24-34(45)48-29-32(25-26-47-37(46)35(39)31(3)5-2)28-44-30-42-33-27-41-38(40)43-36(33)44/h27,30-32,35H,4-26,28-29,39H2,1-3H3,(H2,40,41,43)/t31-,32?,35-/m0/s1. The maximum atomic E-state index is 12.6. The highest BCUT2D eigenvalue weighted by molar-refractivity contribution is 5.75. The second-order valence-corrected chi connectivity index (χ2v) is 13.9. The predicted octanol–water partition coefficient (Wildman–Crippen LogP) is 8.70. The highest BCUT2D eigenvalue weighted by Gasteiger charge is 2.22. The van der Waals surface area contributed by atoms with Crippen molar-refractivity contribution >= 4 is 29.1 Å². The average molecular weight is 673 g/mol. The number of rotatable bonds is 30. The molecule has 10 nitrogen and oxygen atoms in total. The number of ether oxygens (including phenoxy) is 2. The molecule has 0 spiro atoms. The van der Waals surface area contributed by atoms with Crippen molar-refractivity contribution in [3.8, 4) is 0 Å². The molecule has 274 valence electrons. The Morgan fingerprint density at radius 1 is 0.792 bits per heavy atom. The van der Waals surface area contributed by atoms with E-state index in [1.54, 1.807) is 12.5 Å². The number of carbonyl (C=O) groups excluding carboxylic acids is 2. The van der Waals surface area contributed by atoms with Crippen LogP contribution in [0.15, 0.2) is 12.5 Å². The van der Waals surface area contributed by atoms with Crippen molar-refractivity contribution in [2.24, 2.45) is 17.6 Å². The van der Waals surface area contributed by atoms with Gasteiger partial charge in [-0.1, -0.05) is 143 Å². The van der Waals surface area contributed by atoms with E-state index in [0.29, 0.717) is 30.6 Å². The lowest BCUT2D eigenvalue weighted by atomic mass is 10.0. The van der Waals surface area contributed by atoms with Crippen molar-refractivity contribution in [2.45, 2.75) is 175 Å². The molecule has 2 aromatic heterocycles. The number of carbonyl (C=O) groups is 2. The molecule has 4 N–H and O–H groups in total. The van der Waals surface area contributed by atoms with E-state index in [1.807, 2.05) is 18.4 Å². The maximum Gasteiger partial charge on any atom is 0.323 e. The van der Waals surface area contributed by atoms with Gasteiger partial charge in [0.1, 0.15) is 11.6 Å². The van der Waals surface area contributed by atoms with E-state index < -0.39 is 12.0 Å². The Bertz CT molecular complexity index is 1130. The van der Waals surface area contributed by atoms with Crippen LogP contribution in [0.25, 0.3) is 11.2 Å². The first-order chi connectivity index (χ1) is 23.3. The first kappa shape index (κ1) is 41.4. The van der Waals surface area contributed by atoms with Crippen LogP contribution in [0, 0.1) is 11.8 Å². The largest absolute Gasteiger partial charge is 0.465 e. The summed E-state index contributed by atoms with van der Waals surface area (Å²) in [6.45, 7) is 7.10. The molecule has 0 aliphatic heterocycles. The number of nitrogen functional groups attached to an aromatic ring is 1. The number of anilines is 1. The fourth-order valence-electron chi connectivity index (χ4n) is 6.05. The van der Waals surface area contributed by atoms with Crippen LogP contribution in [0.1, 0.15) is 162 Å². The third-order valence-electron chi connectivity index (χ3n) is 9.60. The van der Waals surface area contributed by atoms with Gasteiger partial charge in [0.15, 0.2) is 5.65 Å². The third kappa shape index (κ3) is 18.1. The third-order valence-corrected chi connectivity index (χ3v) is 9.60. The van der Waals surface area contributed by atoms with E-state index in [4.69, 9.17) is 20.9 Å². The predicted molar refractivity (Wildman–Crippen MR) is 195 cm³/mol. The Balaban J connectivity index is 1.57. The van der Waals surface area contributed by atoms with Gasteiger partial charge in [-0.15, -0.1) is 0 Å². The molecule has 1 unspecified atom stereocenters. The zero-order valence-corrected chi connectivity index (χ0v) is 30.6. The highest BCUT2D eigenvalue weighted by Crippen LogP contribution is 2.18. The molecule has 0 bridgehead atoms. The quantitative estimate of drug-likeness (QED) is 0.0614. The summed E-state index contributed by atoms with van der Waals surface area (Å²) in [5, 5.41) is 0. The SMILES string of the molecule is CCCCCCCCCCCCCCCCCCCCCC(=O)OCC(CCOC(=O)[C@@H](N)[C@@H](C)CC)Cn1cnc2cnc(N)nc21. The van der Waals surface area contributed by atoms with Crippen molar-refractivity contribution in [2.75, 3.05) is 18.9 Å². The lowest BCUT2D eigenvalue weighted by Crippen LogP contribution is -2.38. The molecule has 3 atom stereocenters. The Kier molecular flexibility index (Phi) is 22.6. The second kappa shape index (κ2) is 26.2. The summed E-state index contributed by atoms with van der Waals surface area (Å²) in [6, 6.07) is -0.650. The first-order valence-corrected chi connectivity index (χ1v) is 19.4. The van der Waals surface area contributed by atoms with Crippen LogP contribution in [-0.4, -0.2) is 50.7 Å². The smallest absolute Gasteiger partial charge is 0.323 e. The molecule has 0 aliphatic rings. The van der Waals surface area contributed by atoms with Gasteiger partial charge < -0.3 is 25.5 Å². The van der Waals surface area contributed by atoms with Gasteiger partial charge in [-0.25, -0.2) is 9.97 Å². The lowest BCUT2D eigenvalue weighted by Gasteiger charge is -2.20. The highest BCUT2D eigenvalue weighted by atomic mass is 16.5. The first-order valence-electron chi connectivity index (χ1n) is 19.4. The van der Waals surface area contributed by atoms with Crippen molar-refractivity contribution in [3.63, 3.8) is 0 Å². The molecule has 10 heteroatoms. The van der Waals surface area contributed by atoms with Crippen molar-refractivity contribution in [1.82, 2.24) is 19.5 Å². The number of nitrogens with two attached hydrogens (primary N) is 2. The average Bonchev–Trinajstić information content (AvgIpc) is 3.48. The minimum absolute atomic E-state index is 0.0424. The molecule has 0 radical (unpaired) electrons. The molecular formula is C38H68N6O4. The summed E-state index contributed by atoms with van der Waals surface area (Å²) < 4.78 is 13.0. The van der Waals surface area contributed by atoms with Crippen molar-refractivity contribution < 1.29 is 19.1 Å². The molecule has 0 saturated heterocycles. The van der Waals surface area contributed by atoms with E-state index >= 15 is 0 Å². The van der Waals surface area contributed by atoms with Crippen LogP contribution >= 0.6 is 0 Å². The number of fused-ring (bicyclic) bond motifs is 1. The molecule has 0 fully saturated rings. The molecule has 2 rings (SSSR count). The van der Waals surface area contributed by atoms with E-state index in [1.165, 1.54) is 103 Å². The van der Waals surface area contributed by atoms with Crippen LogP contribution in [0.2, 0.25) is 0 Å². The Labute approximate surface area is 290 Å². The zero-order valence-electron chi connectivity index (χ0n) is 30.6.